The van der Waals surface area contributed by atoms with Crippen LogP contribution in [0, 0.1) is 6.92 Å². The molecule has 0 saturated carbocycles. The van der Waals surface area contributed by atoms with Crippen molar-refractivity contribution in [3.63, 3.8) is 0 Å². The van der Waals surface area contributed by atoms with Crippen molar-refractivity contribution in [1.29, 1.82) is 0 Å². The minimum Gasteiger partial charge on any atom is -0.463 e. The molecule has 0 spiro atoms. The molecule has 2 heterocycles. The number of esters is 6. The lowest BCUT2D eigenvalue weighted by Gasteiger charge is -2.48. The normalized spacial score (nSPS) is 27.0. The van der Waals surface area contributed by atoms with Crippen LogP contribution in [0.15, 0.2) is 59.5 Å². The monoisotopic (exact) mass is 838 g/mol. The highest BCUT2D eigenvalue weighted by Crippen LogP contribution is 2.36. The van der Waals surface area contributed by atoms with E-state index in [2.05, 4.69) is 0 Å². The average molecular weight is 839 g/mol. The van der Waals surface area contributed by atoms with Crippen molar-refractivity contribution in [3.8, 4) is 0 Å². The second kappa shape index (κ2) is 20.6. The summed E-state index contributed by atoms with van der Waals surface area (Å²) in [7, 11) is -4.49. The molecule has 20 heteroatoms. The van der Waals surface area contributed by atoms with Crippen molar-refractivity contribution in [2.75, 3.05) is 13.2 Å². The minimum absolute atomic E-state index is 0.113. The Kier molecular flexibility index (Phi) is 16.3. The molecule has 2 fully saturated rings. The number of benzene rings is 2. The van der Waals surface area contributed by atoms with Gasteiger partial charge in [-0.3, -0.25) is 33.0 Å². The quantitative estimate of drug-likeness (QED) is 0.133. The number of hydrogen-bond acceptors (Lipinski definition) is 19. The Balaban J connectivity index is 1.83. The van der Waals surface area contributed by atoms with E-state index in [9.17, 15) is 37.2 Å². The number of carbonyl (C=O) groups excluding carboxylic acids is 6. The highest BCUT2D eigenvalue weighted by Gasteiger charge is 2.58. The Morgan fingerprint density at radius 1 is 0.552 bits per heavy atom. The first-order chi connectivity index (χ1) is 27.3. The summed E-state index contributed by atoms with van der Waals surface area (Å²) >= 11 is 0. The molecule has 318 valence electrons. The van der Waals surface area contributed by atoms with Gasteiger partial charge >= 0.3 is 35.8 Å². The summed E-state index contributed by atoms with van der Waals surface area (Å²) in [6.45, 7) is 6.49. The van der Waals surface area contributed by atoms with Crippen LogP contribution in [0.3, 0.4) is 0 Å². The maximum absolute atomic E-state index is 13.3. The van der Waals surface area contributed by atoms with E-state index in [1.165, 1.54) is 24.3 Å². The summed E-state index contributed by atoms with van der Waals surface area (Å²) < 4.78 is 89.8. The van der Waals surface area contributed by atoms with Crippen LogP contribution in [0.4, 0.5) is 0 Å². The molecule has 2 aromatic rings. The summed E-state index contributed by atoms with van der Waals surface area (Å²) in [5.41, 5.74) is 1.43. The zero-order valence-corrected chi connectivity index (χ0v) is 33.6. The molecule has 2 aliphatic rings. The fraction of sp³-hybridized carbons (Fsp3) is 0.526. The van der Waals surface area contributed by atoms with Crippen molar-refractivity contribution in [1.82, 2.24) is 0 Å². The van der Waals surface area contributed by atoms with E-state index in [1.807, 2.05) is 0 Å². The third-order valence-corrected chi connectivity index (χ3v) is 9.68. The van der Waals surface area contributed by atoms with Crippen molar-refractivity contribution >= 4 is 45.9 Å². The maximum atomic E-state index is 13.3. The summed E-state index contributed by atoms with van der Waals surface area (Å²) in [6, 6.07) is 14.4. The van der Waals surface area contributed by atoms with Crippen LogP contribution >= 0.6 is 0 Å². The first-order valence-electron chi connectivity index (χ1n) is 17.9. The van der Waals surface area contributed by atoms with E-state index in [1.54, 1.807) is 37.3 Å². The van der Waals surface area contributed by atoms with Gasteiger partial charge in [-0.05, 0) is 24.6 Å². The predicted octanol–water partition coefficient (Wildman–Crippen LogP) is 1.97. The lowest BCUT2D eigenvalue weighted by Crippen LogP contribution is -2.67. The third-order valence-electron chi connectivity index (χ3n) is 8.39. The Hall–Kier alpha value is -4.99. The molecular weight excluding hydrogens is 792 g/mol. The fourth-order valence-electron chi connectivity index (χ4n) is 6.09. The zero-order valence-electron chi connectivity index (χ0n) is 32.8. The van der Waals surface area contributed by atoms with Crippen LogP contribution in [0.1, 0.15) is 52.7 Å². The van der Waals surface area contributed by atoms with Crippen molar-refractivity contribution < 1.29 is 88.7 Å². The second-order valence-corrected chi connectivity index (χ2v) is 14.8. The van der Waals surface area contributed by atoms with Crippen molar-refractivity contribution in [2.45, 2.75) is 121 Å². The maximum Gasteiger partial charge on any atom is 0.303 e. The molecule has 0 aromatic heterocycles. The molecule has 2 aliphatic heterocycles. The van der Waals surface area contributed by atoms with Crippen molar-refractivity contribution in [2.24, 2.45) is 0 Å². The van der Waals surface area contributed by atoms with Crippen molar-refractivity contribution in [3.05, 3.63) is 65.7 Å². The van der Waals surface area contributed by atoms with Crippen LogP contribution in [0.5, 0.6) is 0 Å². The van der Waals surface area contributed by atoms with Gasteiger partial charge in [-0.15, -0.1) is 0 Å². The van der Waals surface area contributed by atoms with E-state index in [-0.39, 0.29) is 11.5 Å². The zero-order chi connectivity index (χ0) is 42.7. The Morgan fingerprint density at radius 3 is 1.55 bits per heavy atom. The Labute approximate surface area is 334 Å². The standard InChI is InChI=1S/C38H46O19S/c1-20-13-15-28(16-14-20)58(45,46)49-19-30-32(51-23(4)41)33(52-24(5)42)36(54-26(7)44)38(56-30)57-34-31(50-22(3)40)29(18-47-21(2)39)55-37(35(34)53-25(6)43)48-17-27-11-9-8-10-12-27/h8-16,29-38H,17-19H2,1-7H3/t29-,30-,31+,32+,33+,34+,35-,36-,37-,38+/m1/s1. The van der Waals surface area contributed by atoms with Crippen LogP contribution < -0.4 is 0 Å². The summed E-state index contributed by atoms with van der Waals surface area (Å²) in [6.07, 6.45) is -16.6. The molecular formula is C38H46O19S. The number of carbonyl (C=O) groups is 6. The molecule has 58 heavy (non-hydrogen) atoms. The van der Waals surface area contributed by atoms with Gasteiger partial charge in [0.2, 0.25) is 0 Å². The highest BCUT2D eigenvalue weighted by molar-refractivity contribution is 7.86. The molecule has 2 saturated heterocycles. The summed E-state index contributed by atoms with van der Waals surface area (Å²) in [5, 5.41) is 0. The molecule has 0 radical (unpaired) electrons. The van der Waals surface area contributed by atoms with Crippen LogP contribution in [-0.2, 0) is 97.0 Å². The van der Waals surface area contributed by atoms with E-state index < -0.39 is 121 Å². The largest absolute Gasteiger partial charge is 0.463 e. The number of rotatable bonds is 16. The van der Waals surface area contributed by atoms with Gasteiger partial charge in [0.15, 0.2) is 43.1 Å². The topological polar surface area (TPSA) is 238 Å². The molecule has 2 aromatic carbocycles. The van der Waals surface area contributed by atoms with Gasteiger partial charge in [-0.25, -0.2) is 0 Å². The molecule has 0 unspecified atom stereocenters. The molecule has 10 atom stereocenters. The highest BCUT2D eigenvalue weighted by atomic mass is 32.2. The van der Waals surface area contributed by atoms with E-state index in [4.69, 9.17) is 51.6 Å². The lowest BCUT2D eigenvalue weighted by atomic mass is 9.96. The lowest BCUT2D eigenvalue weighted by molar-refractivity contribution is -0.362. The first-order valence-corrected chi connectivity index (χ1v) is 19.3. The molecule has 0 aliphatic carbocycles. The Morgan fingerprint density at radius 2 is 1.02 bits per heavy atom. The molecule has 4 rings (SSSR count). The summed E-state index contributed by atoms with van der Waals surface area (Å²) in [4.78, 5) is 74.6. The molecule has 0 bridgehead atoms. The molecule has 0 N–H and O–H groups in total. The molecule has 19 nitrogen and oxygen atoms in total. The molecule has 0 amide bonds. The van der Waals surface area contributed by atoms with Gasteiger partial charge in [0.1, 0.15) is 24.9 Å². The van der Waals surface area contributed by atoms with Gasteiger partial charge in [0, 0.05) is 41.5 Å². The Bertz CT molecular complexity index is 1870. The fourth-order valence-corrected chi connectivity index (χ4v) is 7.01. The van der Waals surface area contributed by atoms with Gasteiger partial charge in [0.05, 0.1) is 18.1 Å². The van der Waals surface area contributed by atoms with E-state index >= 15 is 0 Å². The number of aryl methyl sites for hydroxylation is 1. The second-order valence-electron chi connectivity index (χ2n) is 13.2. The average Bonchev–Trinajstić information content (AvgIpc) is 3.13. The van der Waals surface area contributed by atoms with Crippen LogP contribution in [-0.4, -0.2) is 119 Å². The smallest absolute Gasteiger partial charge is 0.303 e. The van der Waals surface area contributed by atoms with Gasteiger partial charge in [-0.1, -0.05) is 48.0 Å². The number of ether oxygens (including phenoxy) is 10. The minimum atomic E-state index is -4.49. The van der Waals surface area contributed by atoms with E-state index in [0.717, 1.165) is 47.1 Å². The predicted molar refractivity (Wildman–Crippen MR) is 192 cm³/mol. The van der Waals surface area contributed by atoms with Gasteiger partial charge in [0.25, 0.3) is 10.1 Å². The van der Waals surface area contributed by atoms with Gasteiger partial charge < -0.3 is 47.4 Å². The SMILES string of the molecule is CC(=O)OC[C@H]1O[C@@H](OCc2ccccc2)[C@H](OC(C)=O)[C@@H](O[C@@H]2O[C@H](COS(=O)(=O)c3ccc(C)cc3)[C@H](OC(C)=O)[C@H](OC(C)=O)[C@H]2OC(C)=O)[C@H]1OC(C)=O. The summed E-state index contributed by atoms with van der Waals surface area (Å²) in [5.74, 6) is -5.35. The van der Waals surface area contributed by atoms with Crippen LogP contribution in [0.25, 0.3) is 0 Å². The third kappa shape index (κ3) is 13.0. The van der Waals surface area contributed by atoms with E-state index in [0.29, 0.717) is 5.56 Å². The van der Waals surface area contributed by atoms with Gasteiger partial charge in [-0.2, -0.15) is 8.42 Å². The number of hydrogen-bond donors (Lipinski definition) is 0. The van der Waals surface area contributed by atoms with Crippen LogP contribution in [0.2, 0.25) is 0 Å². The first kappa shape index (κ1) is 45.7.